The Morgan fingerprint density at radius 1 is 1.36 bits per heavy atom. The molecule has 3 heterocycles. The minimum Gasteiger partial charge on any atom is -0.339 e. The van der Waals surface area contributed by atoms with E-state index >= 15 is 0 Å². The van der Waals surface area contributed by atoms with Gasteiger partial charge in [-0.2, -0.15) is 11.3 Å². The number of amides is 2. The predicted octanol–water partition coefficient (Wildman–Crippen LogP) is 3.00. The lowest BCUT2D eigenvalue weighted by atomic mass is 9.95. The van der Waals surface area contributed by atoms with Gasteiger partial charge in [-0.15, -0.1) is 11.3 Å². The summed E-state index contributed by atoms with van der Waals surface area (Å²) in [6.45, 7) is 3.22. The Labute approximate surface area is 137 Å². The van der Waals surface area contributed by atoms with Crippen molar-refractivity contribution in [2.24, 2.45) is 5.92 Å². The van der Waals surface area contributed by atoms with Crippen LogP contribution < -0.4 is 5.32 Å². The summed E-state index contributed by atoms with van der Waals surface area (Å²) in [5, 5.41) is 7.30. The Kier molecular flexibility index (Phi) is 4.54. The molecule has 0 radical (unpaired) electrons. The zero-order chi connectivity index (χ0) is 15.5. The van der Waals surface area contributed by atoms with Crippen molar-refractivity contribution in [3.05, 3.63) is 33.5 Å². The number of piperidine rings is 1. The third-order valence-electron chi connectivity index (χ3n) is 3.77. The fraction of sp³-hybridized carbons (Fsp3) is 0.400. The number of hydrogen-bond donors (Lipinski definition) is 1. The van der Waals surface area contributed by atoms with Crippen LogP contribution in [0.4, 0.5) is 5.13 Å². The van der Waals surface area contributed by atoms with Crippen molar-refractivity contribution in [3.8, 4) is 0 Å². The summed E-state index contributed by atoms with van der Waals surface area (Å²) in [7, 11) is 0. The van der Waals surface area contributed by atoms with Crippen molar-refractivity contribution in [1.82, 2.24) is 9.88 Å². The zero-order valence-corrected chi connectivity index (χ0v) is 13.9. The lowest BCUT2D eigenvalue weighted by Crippen LogP contribution is -2.41. The van der Waals surface area contributed by atoms with Crippen LogP contribution in [0, 0.1) is 12.8 Å². The molecule has 22 heavy (non-hydrogen) atoms. The second-order valence-electron chi connectivity index (χ2n) is 5.34. The van der Waals surface area contributed by atoms with Crippen molar-refractivity contribution >= 4 is 39.6 Å². The summed E-state index contributed by atoms with van der Waals surface area (Å²) in [4.78, 5) is 31.5. The van der Waals surface area contributed by atoms with Gasteiger partial charge in [0.15, 0.2) is 5.13 Å². The molecule has 0 unspecified atom stereocenters. The van der Waals surface area contributed by atoms with Gasteiger partial charge >= 0.3 is 0 Å². The second-order valence-corrected chi connectivity index (χ2v) is 7.36. The maximum absolute atomic E-state index is 12.3. The lowest BCUT2D eigenvalue weighted by molar-refractivity contribution is -0.121. The molecule has 2 amide bonds. The van der Waals surface area contributed by atoms with E-state index in [1.165, 1.54) is 22.7 Å². The average Bonchev–Trinajstić information content (AvgIpc) is 3.18. The van der Waals surface area contributed by atoms with Crippen molar-refractivity contribution in [3.63, 3.8) is 0 Å². The van der Waals surface area contributed by atoms with Gasteiger partial charge in [0.05, 0.1) is 5.56 Å². The molecular weight excluding hydrogens is 318 g/mol. The maximum Gasteiger partial charge on any atom is 0.254 e. The molecular formula is C15H17N3O2S2. The smallest absolute Gasteiger partial charge is 0.254 e. The summed E-state index contributed by atoms with van der Waals surface area (Å²) < 4.78 is 0. The second kappa shape index (κ2) is 6.58. The number of anilines is 1. The van der Waals surface area contributed by atoms with Crippen LogP contribution in [0.1, 0.15) is 28.1 Å². The highest BCUT2D eigenvalue weighted by Crippen LogP contribution is 2.23. The molecule has 0 atom stereocenters. The molecule has 0 aliphatic carbocycles. The van der Waals surface area contributed by atoms with E-state index in [1.54, 1.807) is 6.20 Å². The highest BCUT2D eigenvalue weighted by molar-refractivity contribution is 7.15. The summed E-state index contributed by atoms with van der Waals surface area (Å²) in [6.07, 6.45) is 3.15. The van der Waals surface area contributed by atoms with E-state index in [0.717, 1.165) is 10.4 Å². The molecule has 0 saturated carbocycles. The van der Waals surface area contributed by atoms with E-state index in [9.17, 15) is 9.59 Å². The van der Waals surface area contributed by atoms with Gasteiger partial charge in [-0.05, 0) is 31.2 Å². The molecule has 0 spiro atoms. The van der Waals surface area contributed by atoms with E-state index in [2.05, 4.69) is 10.3 Å². The van der Waals surface area contributed by atoms with Crippen molar-refractivity contribution in [2.45, 2.75) is 19.8 Å². The first-order chi connectivity index (χ1) is 10.6. The van der Waals surface area contributed by atoms with Gasteiger partial charge < -0.3 is 10.2 Å². The van der Waals surface area contributed by atoms with Crippen LogP contribution in [0.15, 0.2) is 23.0 Å². The van der Waals surface area contributed by atoms with Crippen LogP contribution in [0.3, 0.4) is 0 Å². The van der Waals surface area contributed by atoms with Crippen LogP contribution in [0.2, 0.25) is 0 Å². The van der Waals surface area contributed by atoms with E-state index in [1.807, 2.05) is 28.7 Å². The third kappa shape index (κ3) is 3.36. The molecule has 0 bridgehead atoms. The number of aryl methyl sites for hydroxylation is 1. The maximum atomic E-state index is 12.3. The minimum atomic E-state index is -0.0456. The lowest BCUT2D eigenvalue weighted by Gasteiger charge is -2.31. The fourth-order valence-corrected chi connectivity index (χ4v) is 3.83. The topological polar surface area (TPSA) is 62.3 Å². The number of aromatic nitrogens is 1. The van der Waals surface area contributed by atoms with Gasteiger partial charge in [0.25, 0.3) is 5.91 Å². The van der Waals surface area contributed by atoms with Crippen LogP contribution >= 0.6 is 22.7 Å². The molecule has 1 fully saturated rings. The van der Waals surface area contributed by atoms with Gasteiger partial charge in [0, 0.05) is 35.5 Å². The first-order valence-corrected chi connectivity index (χ1v) is 8.94. The van der Waals surface area contributed by atoms with Crippen LogP contribution in [-0.4, -0.2) is 34.8 Å². The van der Waals surface area contributed by atoms with Crippen LogP contribution in [-0.2, 0) is 4.79 Å². The van der Waals surface area contributed by atoms with Crippen LogP contribution in [0.25, 0.3) is 0 Å². The number of likely N-dealkylation sites (tertiary alicyclic amines) is 1. The number of thiophene rings is 1. The number of rotatable bonds is 3. The van der Waals surface area contributed by atoms with Crippen molar-refractivity contribution in [1.29, 1.82) is 0 Å². The average molecular weight is 335 g/mol. The Morgan fingerprint density at radius 3 is 2.73 bits per heavy atom. The monoisotopic (exact) mass is 335 g/mol. The molecule has 116 valence electrons. The molecule has 1 N–H and O–H groups in total. The fourth-order valence-electron chi connectivity index (χ4n) is 2.53. The van der Waals surface area contributed by atoms with E-state index in [-0.39, 0.29) is 17.7 Å². The summed E-state index contributed by atoms with van der Waals surface area (Å²) in [6, 6.07) is 1.84. The molecule has 7 heteroatoms. The normalized spacial score (nSPS) is 15.8. The highest BCUT2D eigenvalue weighted by Gasteiger charge is 2.28. The minimum absolute atomic E-state index is 0.0111. The summed E-state index contributed by atoms with van der Waals surface area (Å²) in [5.74, 6) is 0.0309. The van der Waals surface area contributed by atoms with Gasteiger partial charge in [0.1, 0.15) is 0 Å². The number of hydrogen-bond acceptors (Lipinski definition) is 5. The third-order valence-corrected chi connectivity index (χ3v) is 5.28. The van der Waals surface area contributed by atoms with Crippen molar-refractivity contribution in [2.75, 3.05) is 18.4 Å². The highest BCUT2D eigenvalue weighted by atomic mass is 32.1. The molecule has 5 nitrogen and oxygen atoms in total. The van der Waals surface area contributed by atoms with Gasteiger partial charge in [-0.3, -0.25) is 9.59 Å². The Balaban J connectivity index is 1.53. The Hall–Kier alpha value is -1.73. The van der Waals surface area contributed by atoms with Gasteiger partial charge in [-0.25, -0.2) is 4.98 Å². The first kappa shape index (κ1) is 15.2. The number of carbonyl (C=O) groups excluding carboxylic acids is 2. The first-order valence-electron chi connectivity index (χ1n) is 7.18. The SMILES string of the molecule is Cc1cnc(NC(=O)C2CCN(C(=O)c3ccsc3)CC2)s1. The summed E-state index contributed by atoms with van der Waals surface area (Å²) >= 11 is 3.00. The Morgan fingerprint density at radius 2 is 2.14 bits per heavy atom. The number of nitrogens with one attached hydrogen (secondary N) is 1. The molecule has 1 saturated heterocycles. The molecule has 2 aromatic heterocycles. The number of carbonyl (C=O) groups is 2. The molecule has 3 rings (SSSR count). The van der Waals surface area contributed by atoms with Crippen molar-refractivity contribution < 1.29 is 9.59 Å². The van der Waals surface area contributed by atoms with E-state index in [0.29, 0.717) is 31.1 Å². The van der Waals surface area contributed by atoms with Crippen LogP contribution in [0.5, 0.6) is 0 Å². The van der Waals surface area contributed by atoms with E-state index < -0.39 is 0 Å². The number of nitrogens with zero attached hydrogens (tertiary/aromatic N) is 2. The van der Waals surface area contributed by atoms with Gasteiger partial charge in [-0.1, -0.05) is 0 Å². The molecule has 1 aliphatic heterocycles. The molecule has 0 aromatic carbocycles. The quantitative estimate of drug-likeness (QED) is 0.938. The zero-order valence-electron chi connectivity index (χ0n) is 12.2. The van der Waals surface area contributed by atoms with Gasteiger partial charge in [0.2, 0.25) is 5.91 Å². The summed E-state index contributed by atoms with van der Waals surface area (Å²) in [5.41, 5.74) is 0.742. The van der Waals surface area contributed by atoms with E-state index in [4.69, 9.17) is 0 Å². The Bertz CT molecular complexity index is 658. The molecule has 1 aliphatic rings. The predicted molar refractivity (Wildman–Crippen MR) is 88.4 cm³/mol. The number of thiazole rings is 1. The molecule has 2 aromatic rings. The largest absolute Gasteiger partial charge is 0.339 e. The standard InChI is InChI=1S/C15H17N3O2S2/c1-10-8-16-15(22-10)17-13(19)11-2-5-18(6-3-11)14(20)12-4-7-21-9-12/h4,7-9,11H,2-3,5-6H2,1H3,(H,16,17,19).